The number of phosphoric acid groups is 1. The molecular formula is H3Li2O4P. The van der Waals surface area contributed by atoms with Gasteiger partial charge < -0.3 is 16.1 Å². The molecule has 0 aliphatic heterocycles. The summed E-state index contributed by atoms with van der Waals surface area (Å²) in [7, 11) is -4.89. The molecule has 2 N–H and O–H groups in total. The second kappa shape index (κ2) is 5.44. The third-order valence-corrected chi connectivity index (χ3v) is 0. The number of rotatable bonds is 0. The molecule has 0 bridgehead atoms. The van der Waals surface area contributed by atoms with Crippen molar-refractivity contribution in [1.29, 1.82) is 0 Å². The van der Waals surface area contributed by atoms with Crippen molar-refractivity contribution in [1.82, 2.24) is 0 Å². The van der Waals surface area contributed by atoms with Crippen LogP contribution in [0.1, 0.15) is 1.43 Å². The molecular weight excluding hydrogens is 109 g/mol. The normalized spacial score (nSPS) is 8.43. The molecule has 0 amide bonds. The van der Waals surface area contributed by atoms with Gasteiger partial charge in [-0.15, -0.1) is 0 Å². The van der Waals surface area contributed by atoms with E-state index in [0.717, 1.165) is 0 Å². The molecule has 34 valence electrons. The van der Waals surface area contributed by atoms with Crippen molar-refractivity contribution in [2.24, 2.45) is 0 Å². The van der Waals surface area contributed by atoms with Gasteiger partial charge >= 0.3 is 37.7 Å². The molecule has 0 aliphatic carbocycles. The zero-order chi connectivity index (χ0) is 4.50. The molecule has 0 heterocycles. The van der Waals surface area contributed by atoms with Gasteiger partial charge in [0.05, 0.1) is 0 Å². The zero-order valence-corrected chi connectivity index (χ0v) is 5.05. The molecule has 4 nitrogen and oxygen atoms in total. The summed E-state index contributed by atoms with van der Waals surface area (Å²) >= 11 is 0. The van der Waals surface area contributed by atoms with Crippen molar-refractivity contribution >= 4 is 7.82 Å². The Morgan fingerprint density at radius 2 is 1.43 bits per heavy atom. The zero-order valence-electron chi connectivity index (χ0n) is 5.16. The van der Waals surface area contributed by atoms with E-state index < -0.39 is 7.82 Å². The Morgan fingerprint density at radius 1 is 1.43 bits per heavy atom. The Hall–Kier alpha value is 1.30. The molecule has 0 aromatic heterocycles. The van der Waals surface area contributed by atoms with Crippen LogP contribution in [0.5, 0.6) is 0 Å². The van der Waals surface area contributed by atoms with Crippen molar-refractivity contribution in [3.63, 3.8) is 0 Å². The van der Waals surface area contributed by atoms with Crippen LogP contribution in [0.4, 0.5) is 0 Å². The van der Waals surface area contributed by atoms with Crippen LogP contribution in [0.3, 0.4) is 0 Å². The van der Waals surface area contributed by atoms with Crippen LogP contribution >= 0.6 is 7.82 Å². The molecule has 0 aromatic rings. The monoisotopic (exact) mass is 112 g/mol. The van der Waals surface area contributed by atoms with Crippen LogP contribution in [0, 0.1) is 0 Å². The predicted octanol–water partition coefficient (Wildman–Crippen LogP) is -7.44. The maximum absolute atomic E-state index is 8.77. The third kappa shape index (κ3) is 121. The first kappa shape index (κ1) is 15.7. The van der Waals surface area contributed by atoms with E-state index in [9.17, 15) is 0 Å². The molecule has 0 fully saturated rings. The molecule has 0 saturated carbocycles. The van der Waals surface area contributed by atoms with Gasteiger partial charge in [0.1, 0.15) is 0 Å². The van der Waals surface area contributed by atoms with Gasteiger partial charge in [0, 0.05) is 0 Å². The number of hydrogen-bond acceptors (Lipinski definition) is 2. The van der Waals surface area contributed by atoms with Crippen LogP contribution in [-0.2, 0) is 4.57 Å². The predicted molar refractivity (Wildman–Crippen MR) is 13.2 cm³/mol. The minimum atomic E-state index is -4.89. The average Bonchev–Trinajstić information content (AvgIpc) is 0.722. The molecule has 0 rings (SSSR count). The van der Waals surface area contributed by atoms with Gasteiger partial charge in [0.25, 0.3) is 7.82 Å². The van der Waals surface area contributed by atoms with E-state index >= 15 is 0 Å². The molecule has 0 spiro atoms. The summed E-state index contributed by atoms with van der Waals surface area (Å²) in [5, 5.41) is 0. The quantitative estimate of drug-likeness (QED) is 0.241. The summed E-state index contributed by atoms with van der Waals surface area (Å²) in [6.07, 6.45) is 0. The van der Waals surface area contributed by atoms with Crippen molar-refractivity contribution < 1.29 is 58.4 Å². The third-order valence-electron chi connectivity index (χ3n) is 0. The minimum Gasteiger partial charge on any atom is -1.00 e. The molecule has 7 heteroatoms. The van der Waals surface area contributed by atoms with Gasteiger partial charge in [-0.25, -0.2) is 0 Å². The smallest absolute Gasteiger partial charge is 1.00 e. The topological polar surface area (TPSA) is 80.6 Å². The van der Waals surface area contributed by atoms with Crippen LogP contribution in [-0.4, -0.2) is 9.79 Å². The Bertz CT molecular complexity index is 60.2. The fraction of sp³-hybridized carbons (Fsp3) is 0. The van der Waals surface area contributed by atoms with E-state index in [0.29, 0.717) is 0 Å². The maximum atomic E-state index is 8.77. The van der Waals surface area contributed by atoms with Crippen molar-refractivity contribution in [3.05, 3.63) is 0 Å². The Labute approximate surface area is 66.4 Å². The summed E-state index contributed by atoms with van der Waals surface area (Å²) in [6.45, 7) is 0. The van der Waals surface area contributed by atoms with Gasteiger partial charge in [-0.3, -0.25) is 4.57 Å². The standard InChI is InChI=1S/2Li.H3O4P.H/c;;1-5(2,3)4;/h;;(H3,1,2,3,4);/q2*+1;;-1/p-1. The van der Waals surface area contributed by atoms with Crippen LogP contribution < -0.4 is 42.6 Å². The van der Waals surface area contributed by atoms with Crippen molar-refractivity contribution in [2.75, 3.05) is 0 Å². The minimum absolute atomic E-state index is 0. The Morgan fingerprint density at radius 3 is 1.43 bits per heavy atom. The van der Waals surface area contributed by atoms with Gasteiger partial charge in [-0.1, -0.05) is 0 Å². The molecule has 7 heavy (non-hydrogen) atoms. The molecule has 0 aromatic carbocycles. The van der Waals surface area contributed by atoms with Gasteiger partial charge in [0.2, 0.25) is 0 Å². The summed E-state index contributed by atoms with van der Waals surface area (Å²) < 4.78 is 8.77. The second-order valence-electron chi connectivity index (χ2n) is 0.491. The van der Waals surface area contributed by atoms with Crippen LogP contribution in [0.25, 0.3) is 0 Å². The first-order chi connectivity index (χ1) is 2.00. The maximum Gasteiger partial charge on any atom is 1.00 e. The van der Waals surface area contributed by atoms with E-state index in [1.807, 2.05) is 0 Å². The molecule has 0 saturated heterocycles. The molecule has 0 unspecified atom stereocenters. The summed E-state index contributed by atoms with van der Waals surface area (Å²) in [6, 6.07) is 0. The SMILES string of the molecule is O=P([O-])(O)O.[H-].[Li+].[Li+]. The van der Waals surface area contributed by atoms with E-state index in [-0.39, 0.29) is 39.1 Å². The van der Waals surface area contributed by atoms with Crippen molar-refractivity contribution in [3.8, 4) is 0 Å². The second-order valence-corrected chi connectivity index (χ2v) is 1.47. The largest absolute Gasteiger partial charge is 1.00 e. The fourth-order valence-corrected chi connectivity index (χ4v) is 0. The summed E-state index contributed by atoms with van der Waals surface area (Å²) in [4.78, 5) is 22.9. The molecule has 0 atom stereocenters. The Balaban J connectivity index is -0.0000000267. The fourth-order valence-electron chi connectivity index (χ4n) is 0. The van der Waals surface area contributed by atoms with Gasteiger partial charge in [-0.2, -0.15) is 0 Å². The summed E-state index contributed by atoms with van der Waals surface area (Å²) in [5.74, 6) is 0. The van der Waals surface area contributed by atoms with Gasteiger partial charge in [0.15, 0.2) is 0 Å². The average molecular weight is 112 g/mol. The van der Waals surface area contributed by atoms with Crippen molar-refractivity contribution in [2.45, 2.75) is 0 Å². The summed E-state index contributed by atoms with van der Waals surface area (Å²) in [5.41, 5.74) is 0. The van der Waals surface area contributed by atoms with E-state index in [4.69, 9.17) is 19.2 Å². The first-order valence-electron chi connectivity index (χ1n) is 0.765. The number of hydrogen-bond donors (Lipinski definition) is 2. The molecule has 0 radical (unpaired) electrons. The van der Waals surface area contributed by atoms with E-state index in [1.54, 1.807) is 0 Å². The van der Waals surface area contributed by atoms with Crippen LogP contribution in [0.2, 0.25) is 0 Å². The van der Waals surface area contributed by atoms with Crippen LogP contribution in [0.15, 0.2) is 0 Å². The first-order valence-corrected chi connectivity index (χ1v) is 2.30. The van der Waals surface area contributed by atoms with Gasteiger partial charge in [-0.05, 0) is 0 Å². The van der Waals surface area contributed by atoms with E-state index in [1.165, 1.54) is 0 Å². The van der Waals surface area contributed by atoms with E-state index in [2.05, 4.69) is 0 Å². The molecule has 0 aliphatic rings. The Kier molecular flexibility index (Phi) is 12.2.